The van der Waals surface area contributed by atoms with E-state index in [1.54, 1.807) is 0 Å². The fourth-order valence-corrected chi connectivity index (χ4v) is 3.37. The zero-order valence-electron chi connectivity index (χ0n) is 14.8. The van der Waals surface area contributed by atoms with Crippen molar-refractivity contribution in [2.24, 2.45) is 0 Å². The number of H-pyrrole nitrogens is 1. The molecule has 2 N–H and O–H groups in total. The lowest BCUT2D eigenvalue weighted by Gasteiger charge is -2.17. The second-order valence-electron chi connectivity index (χ2n) is 6.59. The third-order valence-corrected chi connectivity index (χ3v) is 4.83. The van der Waals surface area contributed by atoms with Gasteiger partial charge in [-0.2, -0.15) is 5.10 Å². The Kier molecular flexibility index (Phi) is 4.55. The van der Waals surface area contributed by atoms with E-state index in [2.05, 4.69) is 26.6 Å². The molecule has 1 atom stereocenters. The number of rotatable bonds is 4. The van der Waals surface area contributed by atoms with Crippen LogP contribution in [-0.2, 0) is 11.2 Å². The number of aryl methyl sites for hydroxylation is 3. The highest BCUT2D eigenvalue weighted by Gasteiger charge is 2.29. The smallest absolute Gasteiger partial charge is 0.227 e. The molecule has 2 aromatic heterocycles. The first-order valence-electron chi connectivity index (χ1n) is 8.42. The van der Waals surface area contributed by atoms with E-state index in [0.29, 0.717) is 12.3 Å². The highest BCUT2D eigenvalue weighted by atomic mass is 16.2. The van der Waals surface area contributed by atoms with Gasteiger partial charge in [-0.1, -0.05) is 0 Å². The molecule has 1 unspecified atom stereocenters. The second-order valence-corrected chi connectivity index (χ2v) is 6.59. The summed E-state index contributed by atoms with van der Waals surface area (Å²) in [5.41, 5.74) is 6.07. The van der Waals surface area contributed by atoms with Crippen molar-refractivity contribution in [1.82, 2.24) is 20.1 Å². The molecule has 0 saturated carbocycles. The monoisotopic (exact) mass is 327 g/mol. The Hall–Kier alpha value is -2.37. The normalized spacial score (nSPS) is 17.3. The van der Waals surface area contributed by atoms with Crippen molar-refractivity contribution < 1.29 is 4.79 Å². The van der Waals surface area contributed by atoms with Gasteiger partial charge in [0.25, 0.3) is 0 Å². The van der Waals surface area contributed by atoms with Gasteiger partial charge in [0.1, 0.15) is 0 Å². The van der Waals surface area contributed by atoms with Crippen LogP contribution in [0.4, 0.5) is 5.69 Å². The predicted molar refractivity (Wildman–Crippen MR) is 94.2 cm³/mol. The quantitative estimate of drug-likeness (QED) is 0.904. The summed E-state index contributed by atoms with van der Waals surface area (Å²) in [6, 6.07) is 4.13. The maximum absolute atomic E-state index is 12.6. The van der Waals surface area contributed by atoms with E-state index in [4.69, 9.17) is 0 Å². The molecule has 6 heteroatoms. The number of hydrogen-bond donors (Lipinski definition) is 2. The fraction of sp³-hybridized carbons (Fsp3) is 0.500. The zero-order valence-corrected chi connectivity index (χ0v) is 14.8. The number of amides is 1. The number of pyridine rings is 1. The molecule has 0 aliphatic carbocycles. The maximum atomic E-state index is 12.6. The molecule has 1 saturated heterocycles. The molecule has 3 rings (SSSR count). The third kappa shape index (κ3) is 3.27. The molecule has 1 amide bonds. The number of likely N-dealkylation sites (tertiary alicyclic amines) is 1. The van der Waals surface area contributed by atoms with Crippen LogP contribution in [0.1, 0.15) is 40.7 Å². The van der Waals surface area contributed by atoms with E-state index >= 15 is 0 Å². The Morgan fingerprint density at radius 2 is 2.17 bits per heavy atom. The predicted octanol–water partition coefficient (Wildman–Crippen LogP) is 2.33. The number of aromatic amines is 1. The van der Waals surface area contributed by atoms with Gasteiger partial charge in [-0.25, -0.2) is 0 Å². The summed E-state index contributed by atoms with van der Waals surface area (Å²) < 4.78 is 0. The van der Waals surface area contributed by atoms with Crippen molar-refractivity contribution in [3.8, 4) is 0 Å². The Labute approximate surface area is 142 Å². The molecule has 1 aliphatic rings. The van der Waals surface area contributed by atoms with Crippen LogP contribution in [0.2, 0.25) is 0 Å². The number of carbonyl (C=O) groups excluding carboxylic acids is 1. The lowest BCUT2D eigenvalue weighted by atomic mass is 10.0. The molecular weight excluding hydrogens is 302 g/mol. The van der Waals surface area contributed by atoms with Crippen LogP contribution in [0, 0.1) is 20.8 Å². The van der Waals surface area contributed by atoms with E-state index < -0.39 is 0 Å². The van der Waals surface area contributed by atoms with Crippen molar-refractivity contribution >= 4 is 11.6 Å². The van der Waals surface area contributed by atoms with E-state index in [1.165, 1.54) is 0 Å². The van der Waals surface area contributed by atoms with Gasteiger partial charge < -0.3 is 10.2 Å². The Balaban J connectivity index is 1.69. The first-order valence-corrected chi connectivity index (χ1v) is 8.42. The van der Waals surface area contributed by atoms with Gasteiger partial charge in [0.05, 0.1) is 12.1 Å². The van der Waals surface area contributed by atoms with Crippen LogP contribution in [0.15, 0.2) is 12.1 Å². The van der Waals surface area contributed by atoms with Crippen LogP contribution in [0.25, 0.3) is 0 Å². The average Bonchev–Trinajstić information content (AvgIpc) is 3.17. The van der Waals surface area contributed by atoms with Gasteiger partial charge in [-0.15, -0.1) is 0 Å². The molecular formula is C18H25N5O. The summed E-state index contributed by atoms with van der Waals surface area (Å²) in [6.45, 7) is 7.45. The van der Waals surface area contributed by atoms with Crippen LogP contribution in [0.3, 0.4) is 0 Å². The third-order valence-electron chi connectivity index (χ3n) is 4.83. The van der Waals surface area contributed by atoms with Crippen LogP contribution in [0.5, 0.6) is 0 Å². The highest BCUT2D eigenvalue weighted by molar-refractivity contribution is 5.79. The van der Waals surface area contributed by atoms with Gasteiger partial charge in [0, 0.05) is 54.4 Å². The van der Waals surface area contributed by atoms with E-state index in [0.717, 1.165) is 53.5 Å². The van der Waals surface area contributed by atoms with Crippen LogP contribution < -0.4 is 5.32 Å². The summed E-state index contributed by atoms with van der Waals surface area (Å²) in [7, 11) is 1.92. The summed E-state index contributed by atoms with van der Waals surface area (Å²) >= 11 is 0. The number of aromatic nitrogens is 3. The minimum absolute atomic E-state index is 0.173. The minimum Gasteiger partial charge on any atom is -0.388 e. The van der Waals surface area contributed by atoms with Gasteiger partial charge in [-0.3, -0.25) is 14.9 Å². The molecule has 0 spiro atoms. The summed E-state index contributed by atoms with van der Waals surface area (Å²) in [4.78, 5) is 19.3. The molecule has 0 bridgehead atoms. The van der Waals surface area contributed by atoms with E-state index in [1.807, 2.05) is 38.8 Å². The molecule has 2 aromatic rings. The summed E-state index contributed by atoms with van der Waals surface area (Å²) in [5.74, 6) is 0.485. The van der Waals surface area contributed by atoms with Crippen molar-refractivity contribution in [2.75, 3.05) is 25.5 Å². The van der Waals surface area contributed by atoms with Crippen molar-refractivity contribution in [3.63, 3.8) is 0 Å². The number of carbonyl (C=O) groups is 1. The van der Waals surface area contributed by atoms with Gasteiger partial charge >= 0.3 is 0 Å². The molecule has 3 heterocycles. The largest absolute Gasteiger partial charge is 0.388 e. The minimum atomic E-state index is 0.173. The van der Waals surface area contributed by atoms with Crippen LogP contribution in [-0.4, -0.2) is 46.1 Å². The standard InChI is InChI=1S/C18H25N5O/c1-11-7-15(19-4)8-17(20-11)14-5-6-23(10-14)18(24)9-16-12(2)21-22-13(16)3/h7-8,14H,5-6,9-10H2,1-4H3,(H,19,20)(H,21,22). The van der Waals surface area contributed by atoms with Gasteiger partial charge in [0.2, 0.25) is 5.91 Å². The van der Waals surface area contributed by atoms with Crippen LogP contribution >= 0.6 is 0 Å². The number of nitrogens with zero attached hydrogens (tertiary/aromatic N) is 3. The number of hydrogen-bond acceptors (Lipinski definition) is 4. The molecule has 0 radical (unpaired) electrons. The zero-order chi connectivity index (χ0) is 17.3. The van der Waals surface area contributed by atoms with E-state index in [-0.39, 0.29) is 5.91 Å². The molecule has 1 aliphatic heterocycles. The van der Waals surface area contributed by atoms with Gasteiger partial charge in [-0.05, 0) is 39.3 Å². The number of anilines is 1. The Bertz CT molecular complexity index is 732. The van der Waals surface area contributed by atoms with Gasteiger partial charge in [0.15, 0.2) is 0 Å². The lowest BCUT2D eigenvalue weighted by molar-refractivity contribution is -0.129. The Morgan fingerprint density at radius 3 is 2.83 bits per heavy atom. The molecule has 24 heavy (non-hydrogen) atoms. The second kappa shape index (κ2) is 6.63. The van der Waals surface area contributed by atoms with Crippen molar-refractivity contribution in [3.05, 3.63) is 40.5 Å². The van der Waals surface area contributed by atoms with Crippen molar-refractivity contribution in [2.45, 2.75) is 39.5 Å². The molecule has 1 fully saturated rings. The first kappa shape index (κ1) is 16.5. The molecule has 6 nitrogen and oxygen atoms in total. The Morgan fingerprint density at radius 1 is 1.38 bits per heavy atom. The summed E-state index contributed by atoms with van der Waals surface area (Å²) in [6.07, 6.45) is 1.39. The fourth-order valence-electron chi connectivity index (χ4n) is 3.37. The average molecular weight is 327 g/mol. The lowest BCUT2D eigenvalue weighted by Crippen LogP contribution is -2.30. The molecule has 128 valence electrons. The van der Waals surface area contributed by atoms with Crippen molar-refractivity contribution in [1.29, 1.82) is 0 Å². The topological polar surface area (TPSA) is 73.9 Å². The SMILES string of the molecule is CNc1cc(C)nc(C2CCN(C(=O)Cc3c(C)n[nH]c3C)C2)c1. The molecule has 0 aromatic carbocycles. The summed E-state index contributed by atoms with van der Waals surface area (Å²) in [5, 5.41) is 10.3. The first-order chi connectivity index (χ1) is 11.5. The van der Waals surface area contributed by atoms with E-state index in [9.17, 15) is 4.79 Å². The number of nitrogens with one attached hydrogen (secondary N) is 2. The highest BCUT2D eigenvalue weighted by Crippen LogP contribution is 2.28. The maximum Gasteiger partial charge on any atom is 0.227 e.